The largest absolute Gasteiger partial charge is 0.388 e. The molecular weight excluding hydrogens is 234 g/mol. The van der Waals surface area contributed by atoms with E-state index in [9.17, 15) is 5.11 Å². The first-order valence-corrected chi connectivity index (χ1v) is 7.01. The van der Waals surface area contributed by atoms with Crippen molar-refractivity contribution in [2.24, 2.45) is 11.1 Å². The molecule has 0 aliphatic carbocycles. The fourth-order valence-corrected chi connectivity index (χ4v) is 2.10. The van der Waals surface area contributed by atoms with Gasteiger partial charge in [0, 0.05) is 13.0 Å². The second-order valence-electron chi connectivity index (χ2n) is 7.61. The van der Waals surface area contributed by atoms with E-state index in [0.29, 0.717) is 6.42 Å². The second-order valence-corrected chi connectivity index (χ2v) is 7.61. The maximum Gasteiger partial charge on any atom is 0.0857 e. The molecule has 1 rings (SSSR count). The van der Waals surface area contributed by atoms with Crippen molar-refractivity contribution in [1.82, 2.24) is 0 Å². The van der Waals surface area contributed by atoms with Gasteiger partial charge < -0.3 is 10.8 Å². The smallest absolute Gasteiger partial charge is 0.0857 e. The fraction of sp³-hybridized carbons (Fsp3) is 0.647. The Morgan fingerprint density at radius 3 is 1.74 bits per heavy atom. The number of rotatable bonds is 3. The molecule has 1 atom stereocenters. The molecule has 19 heavy (non-hydrogen) atoms. The molecule has 0 saturated heterocycles. The van der Waals surface area contributed by atoms with Crippen LogP contribution in [-0.2, 0) is 11.8 Å². The van der Waals surface area contributed by atoms with Gasteiger partial charge in [-0.1, -0.05) is 65.8 Å². The van der Waals surface area contributed by atoms with Gasteiger partial charge in [0.05, 0.1) is 5.60 Å². The molecule has 0 aliphatic rings. The van der Waals surface area contributed by atoms with Gasteiger partial charge in [0.15, 0.2) is 0 Å². The lowest BCUT2D eigenvalue weighted by Gasteiger charge is -2.39. The highest BCUT2D eigenvalue weighted by atomic mass is 16.3. The topological polar surface area (TPSA) is 46.2 Å². The van der Waals surface area contributed by atoms with Crippen molar-refractivity contribution in [2.75, 3.05) is 6.54 Å². The van der Waals surface area contributed by atoms with Crippen molar-refractivity contribution in [3.63, 3.8) is 0 Å². The minimum Gasteiger partial charge on any atom is -0.388 e. The second kappa shape index (κ2) is 5.26. The first-order valence-electron chi connectivity index (χ1n) is 7.01. The van der Waals surface area contributed by atoms with Crippen LogP contribution >= 0.6 is 0 Å². The molecule has 0 saturated carbocycles. The van der Waals surface area contributed by atoms with E-state index in [1.165, 1.54) is 5.56 Å². The molecule has 0 bridgehead atoms. The van der Waals surface area contributed by atoms with Gasteiger partial charge in [0.25, 0.3) is 0 Å². The SMILES string of the molecule is CC(C)(C)c1ccc(CC(O)(CN)C(C)(C)C)cc1. The monoisotopic (exact) mass is 263 g/mol. The van der Waals surface area contributed by atoms with Crippen LogP contribution in [0.3, 0.4) is 0 Å². The highest BCUT2D eigenvalue weighted by Crippen LogP contribution is 2.33. The molecule has 0 radical (unpaired) electrons. The van der Waals surface area contributed by atoms with Crippen LogP contribution < -0.4 is 5.73 Å². The van der Waals surface area contributed by atoms with Gasteiger partial charge in [0.1, 0.15) is 0 Å². The van der Waals surface area contributed by atoms with Crippen molar-refractivity contribution in [2.45, 2.75) is 59.0 Å². The Morgan fingerprint density at radius 1 is 0.947 bits per heavy atom. The van der Waals surface area contributed by atoms with Crippen molar-refractivity contribution < 1.29 is 5.11 Å². The summed E-state index contributed by atoms with van der Waals surface area (Å²) in [5.74, 6) is 0. The molecule has 1 aromatic carbocycles. The summed E-state index contributed by atoms with van der Waals surface area (Å²) in [6.07, 6.45) is 0.595. The summed E-state index contributed by atoms with van der Waals surface area (Å²) in [4.78, 5) is 0. The van der Waals surface area contributed by atoms with Gasteiger partial charge in [0.2, 0.25) is 0 Å². The predicted octanol–water partition coefficient (Wildman–Crippen LogP) is 3.26. The number of nitrogens with two attached hydrogens (primary N) is 1. The number of benzene rings is 1. The Labute approximate surface area is 118 Å². The lowest BCUT2D eigenvalue weighted by atomic mass is 9.73. The molecule has 0 aliphatic heterocycles. The molecule has 1 unspecified atom stereocenters. The zero-order chi connectivity index (χ0) is 14.9. The normalized spacial score (nSPS) is 16.2. The van der Waals surface area contributed by atoms with Crippen molar-refractivity contribution in [1.29, 1.82) is 0 Å². The minimum absolute atomic E-state index is 0.159. The maximum absolute atomic E-state index is 10.7. The van der Waals surface area contributed by atoms with Crippen LogP contribution in [0.5, 0.6) is 0 Å². The zero-order valence-corrected chi connectivity index (χ0v) is 13.2. The molecule has 0 amide bonds. The van der Waals surface area contributed by atoms with Crippen LogP contribution in [0.15, 0.2) is 24.3 Å². The summed E-state index contributed by atoms with van der Waals surface area (Å²) in [6.45, 7) is 13.0. The predicted molar refractivity (Wildman–Crippen MR) is 82.3 cm³/mol. The van der Waals surface area contributed by atoms with E-state index in [-0.39, 0.29) is 17.4 Å². The molecule has 0 spiro atoms. The van der Waals surface area contributed by atoms with Crippen LogP contribution in [0.4, 0.5) is 0 Å². The molecular formula is C17H29NO. The average Bonchev–Trinajstić information content (AvgIpc) is 2.27. The summed E-state index contributed by atoms with van der Waals surface area (Å²) >= 11 is 0. The van der Waals surface area contributed by atoms with Crippen LogP contribution in [0.25, 0.3) is 0 Å². The van der Waals surface area contributed by atoms with Gasteiger partial charge in [-0.15, -0.1) is 0 Å². The fourth-order valence-electron chi connectivity index (χ4n) is 2.10. The maximum atomic E-state index is 10.7. The summed E-state index contributed by atoms with van der Waals surface area (Å²) in [5.41, 5.74) is 7.30. The Bertz CT molecular complexity index is 408. The third-order valence-corrected chi connectivity index (χ3v) is 4.05. The molecule has 2 heteroatoms. The Balaban J connectivity index is 2.95. The standard InChI is InChI=1S/C17H29NO/c1-15(2,3)14-9-7-13(8-10-14)11-17(19,12-18)16(4,5)6/h7-10,19H,11-12,18H2,1-6H3. The van der Waals surface area contributed by atoms with E-state index in [0.717, 1.165) is 5.56 Å². The third-order valence-electron chi connectivity index (χ3n) is 4.05. The van der Waals surface area contributed by atoms with Crippen molar-refractivity contribution >= 4 is 0 Å². The van der Waals surface area contributed by atoms with Crippen LogP contribution in [0.1, 0.15) is 52.7 Å². The van der Waals surface area contributed by atoms with E-state index < -0.39 is 5.60 Å². The molecule has 0 aromatic heterocycles. The lowest BCUT2D eigenvalue weighted by Crippen LogP contribution is -2.50. The molecule has 1 aromatic rings. The Morgan fingerprint density at radius 2 is 1.42 bits per heavy atom. The number of hydrogen-bond donors (Lipinski definition) is 2. The summed E-state index contributed by atoms with van der Waals surface area (Å²) < 4.78 is 0. The average molecular weight is 263 g/mol. The van der Waals surface area contributed by atoms with E-state index in [1.54, 1.807) is 0 Å². The van der Waals surface area contributed by atoms with Gasteiger partial charge in [-0.05, 0) is 22.0 Å². The first kappa shape index (κ1) is 16.2. The van der Waals surface area contributed by atoms with Gasteiger partial charge in [-0.2, -0.15) is 0 Å². The third kappa shape index (κ3) is 3.80. The summed E-state index contributed by atoms with van der Waals surface area (Å²) in [5, 5.41) is 10.7. The highest BCUT2D eigenvalue weighted by molar-refractivity contribution is 5.28. The van der Waals surface area contributed by atoms with E-state index in [4.69, 9.17) is 5.73 Å². The van der Waals surface area contributed by atoms with Gasteiger partial charge in [-0.3, -0.25) is 0 Å². The van der Waals surface area contributed by atoms with Crippen LogP contribution in [0.2, 0.25) is 0 Å². The highest BCUT2D eigenvalue weighted by Gasteiger charge is 2.38. The number of hydrogen-bond acceptors (Lipinski definition) is 2. The summed E-state index contributed by atoms with van der Waals surface area (Å²) in [6, 6.07) is 8.50. The molecule has 2 nitrogen and oxygen atoms in total. The van der Waals surface area contributed by atoms with Crippen molar-refractivity contribution in [3.05, 3.63) is 35.4 Å². The van der Waals surface area contributed by atoms with Gasteiger partial charge in [-0.25, -0.2) is 0 Å². The molecule has 0 fully saturated rings. The van der Waals surface area contributed by atoms with Crippen LogP contribution in [0, 0.1) is 5.41 Å². The molecule has 0 heterocycles. The van der Waals surface area contributed by atoms with Gasteiger partial charge >= 0.3 is 0 Å². The van der Waals surface area contributed by atoms with E-state index in [2.05, 4.69) is 45.0 Å². The van der Waals surface area contributed by atoms with Crippen molar-refractivity contribution in [3.8, 4) is 0 Å². The quantitative estimate of drug-likeness (QED) is 0.879. The summed E-state index contributed by atoms with van der Waals surface area (Å²) in [7, 11) is 0. The van der Waals surface area contributed by atoms with Crippen LogP contribution in [-0.4, -0.2) is 17.3 Å². The zero-order valence-electron chi connectivity index (χ0n) is 13.2. The Kier molecular flexibility index (Phi) is 4.48. The molecule has 3 N–H and O–H groups in total. The van der Waals surface area contributed by atoms with E-state index >= 15 is 0 Å². The minimum atomic E-state index is -0.865. The number of aliphatic hydroxyl groups is 1. The Hall–Kier alpha value is -0.860. The molecule has 108 valence electrons. The first-order chi connectivity index (χ1) is 8.49. The lowest BCUT2D eigenvalue weighted by molar-refractivity contribution is -0.0490. The van der Waals surface area contributed by atoms with E-state index in [1.807, 2.05) is 20.8 Å².